The van der Waals surface area contributed by atoms with Crippen LogP contribution >= 0.6 is 23.4 Å². The van der Waals surface area contributed by atoms with Crippen molar-refractivity contribution >= 4 is 63.0 Å². The highest BCUT2D eigenvalue weighted by molar-refractivity contribution is 8.15. The number of carbonyl (C=O) groups excluding carboxylic acids is 1. The predicted molar refractivity (Wildman–Crippen MR) is 110 cm³/mol. The zero-order chi connectivity index (χ0) is 19.4. The molecule has 0 saturated heterocycles. The minimum Gasteiger partial charge on any atom is -0.463 e. The fourth-order valence-corrected chi connectivity index (χ4v) is 4.33. The first kappa shape index (κ1) is 17.0. The number of fused-ring (bicyclic) bond motifs is 4. The highest BCUT2D eigenvalue weighted by atomic mass is 35.5. The van der Waals surface area contributed by atoms with Crippen molar-refractivity contribution in [2.75, 3.05) is 4.90 Å². The van der Waals surface area contributed by atoms with Crippen LogP contribution in [0, 0.1) is 5.41 Å². The number of nitrogens with one attached hydrogen (secondary N) is 1. The van der Waals surface area contributed by atoms with Crippen LogP contribution in [-0.4, -0.2) is 16.9 Å². The molecule has 3 heterocycles. The van der Waals surface area contributed by atoms with Gasteiger partial charge in [0.05, 0.1) is 22.2 Å². The monoisotopic (exact) mass is 407 g/mol. The van der Waals surface area contributed by atoms with Gasteiger partial charge < -0.3 is 4.42 Å². The SMILES string of the molecule is N=C1C(=Cc2coc3ccc(Cl)cc3c2=O)C(=O)N=C2Sc3ccccc3N12. The number of aliphatic imine (C=N–C) groups is 1. The van der Waals surface area contributed by atoms with Gasteiger partial charge in [-0.05, 0) is 48.2 Å². The number of halogens is 1. The molecule has 2 aliphatic rings. The summed E-state index contributed by atoms with van der Waals surface area (Å²) in [5.74, 6) is -0.597. The Morgan fingerprint density at radius 3 is 2.86 bits per heavy atom. The molecule has 0 saturated carbocycles. The van der Waals surface area contributed by atoms with E-state index in [0.29, 0.717) is 21.2 Å². The Morgan fingerprint density at radius 2 is 2.00 bits per heavy atom. The Hall–Kier alpha value is -3.16. The van der Waals surface area contributed by atoms with Crippen LogP contribution in [-0.2, 0) is 4.79 Å². The highest BCUT2D eigenvalue weighted by Gasteiger charge is 2.37. The van der Waals surface area contributed by atoms with Gasteiger partial charge in [0.25, 0.3) is 5.91 Å². The van der Waals surface area contributed by atoms with Crippen LogP contribution in [0.5, 0.6) is 0 Å². The normalized spacial score (nSPS) is 17.1. The topological polar surface area (TPSA) is 86.7 Å². The molecule has 6 nitrogen and oxygen atoms in total. The van der Waals surface area contributed by atoms with Crippen LogP contribution in [0.15, 0.2) is 73.4 Å². The Balaban J connectivity index is 1.65. The third-order valence-corrected chi connectivity index (χ3v) is 5.72. The third-order valence-electron chi connectivity index (χ3n) is 4.47. The summed E-state index contributed by atoms with van der Waals surface area (Å²) >= 11 is 7.31. The number of nitrogens with zero attached hydrogens (tertiary/aromatic N) is 2. The van der Waals surface area contributed by atoms with Crippen molar-refractivity contribution in [3.63, 3.8) is 0 Å². The summed E-state index contributed by atoms with van der Waals surface area (Å²) < 4.78 is 5.49. The zero-order valence-corrected chi connectivity index (χ0v) is 15.7. The van der Waals surface area contributed by atoms with Crippen molar-refractivity contribution in [2.24, 2.45) is 4.99 Å². The first-order valence-electron chi connectivity index (χ1n) is 8.24. The van der Waals surface area contributed by atoms with Gasteiger partial charge in [0, 0.05) is 9.92 Å². The van der Waals surface area contributed by atoms with Crippen molar-refractivity contribution in [1.82, 2.24) is 0 Å². The van der Waals surface area contributed by atoms with E-state index in [1.54, 1.807) is 17.0 Å². The Labute approximate surface area is 167 Å². The van der Waals surface area contributed by atoms with Crippen molar-refractivity contribution in [1.29, 1.82) is 5.41 Å². The molecule has 0 aliphatic carbocycles. The molecule has 0 radical (unpaired) electrons. The second-order valence-corrected chi connectivity index (χ2v) is 7.62. The zero-order valence-electron chi connectivity index (χ0n) is 14.1. The van der Waals surface area contributed by atoms with Crippen LogP contribution in [0.4, 0.5) is 5.69 Å². The van der Waals surface area contributed by atoms with Crippen LogP contribution in [0.25, 0.3) is 17.0 Å². The summed E-state index contributed by atoms with van der Waals surface area (Å²) in [7, 11) is 0. The number of anilines is 1. The smallest absolute Gasteiger partial charge is 0.283 e. The number of rotatable bonds is 1. The molecule has 0 atom stereocenters. The average molecular weight is 408 g/mol. The van der Waals surface area contributed by atoms with E-state index in [1.165, 1.54) is 30.2 Å². The van der Waals surface area contributed by atoms with Crippen molar-refractivity contribution in [3.8, 4) is 0 Å². The van der Waals surface area contributed by atoms with Gasteiger partial charge >= 0.3 is 0 Å². The number of amidine groups is 2. The lowest BCUT2D eigenvalue weighted by atomic mass is 10.1. The molecule has 1 N–H and O–H groups in total. The maximum atomic E-state index is 12.8. The Morgan fingerprint density at radius 1 is 1.18 bits per heavy atom. The molecule has 2 aliphatic heterocycles. The standard InChI is InChI=1S/C20H10ClN3O3S/c21-11-5-6-15-12(8-11)17(25)10(9-27-15)7-13-18(22)24-14-3-1-2-4-16(14)28-20(24)23-19(13)26/h1-9,22H. The van der Waals surface area contributed by atoms with Gasteiger partial charge in [0.2, 0.25) is 0 Å². The van der Waals surface area contributed by atoms with Crippen LogP contribution in [0.1, 0.15) is 5.56 Å². The first-order chi connectivity index (χ1) is 13.5. The number of hydrogen-bond acceptors (Lipinski definition) is 5. The number of hydrogen-bond donors (Lipinski definition) is 1. The van der Waals surface area contributed by atoms with Gasteiger partial charge in [0.15, 0.2) is 10.6 Å². The second-order valence-electron chi connectivity index (χ2n) is 6.17. The molecule has 5 rings (SSSR count). The van der Waals surface area contributed by atoms with E-state index in [1.807, 2.05) is 24.3 Å². The molecule has 0 fully saturated rings. The first-order valence-corrected chi connectivity index (χ1v) is 9.44. The number of thioether (sulfide) groups is 1. The van der Waals surface area contributed by atoms with E-state index in [9.17, 15) is 9.59 Å². The van der Waals surface area contributed by atoms with Gasteiger partial charge in [-0.2, -0.15) is 4.99 Å². The largest absolute Gasteiger partial charge is 0.463 e. The Bertz CT molecular complexity index is 1330. The Kier molecular flexibility index (Phi) is 3.75. The molecule has 0 bridgehead atoms. The summed E-state index contributed by atoms with van der Waals surface area (Å²) in [6, 6.07) is 12.3. The van der Waals surface area contributed by atoms with Crippen molar-refractivity contribution in [2.45, 2.75) is 4.90 Å². The maximum absolute atomic E-state index is 12.8. The quantitative estimate of drug-likeness (QED) is 0.607. The summed E-state index contributed by atoms with van der Waals surface area (Å²) in [4.78, 5) is 32.0. The van der Waals surface area contributed by atoms with Gasteiger partial charge in [-0.3, -0.25) is 19.9 Å². The lowest BCUT2D eigenvalue weighted by molar-refractivity contribution is -0.113. The lowest BCUT2D eigenvalue weighted by Crippen LogP contribution is -2.39. The molecule has 1 aromatic heterocycles. The number of carbonyl (C=O) groups is 1. The number of para-hydroxylation sites is 1. The van der Waals surface area contributed by atoms with Crippen LogP contribution in [0.3, 0.4) is 0 Å². The molecule has 0 unspecified atom stereocenters. The van der Waals surface area contributed by atoms with Crippen molar-refractivity contribution < 1.29 is 9.21 Å². The van der Waals surface area contributed by atoms with E-state index < -0.39 is 5.91 Å². The molecule has 28 heavy (non-hydrogen) atoms. The van der Waals surface area contributed by atoms with Crippen LogP contribution < -0.4 is 10.3 Å². The molecule has 3 aromatic rings. The third kappa shape index (κ3) is 2.51. The molecule has 136 valence electrons. The molecule has 8 heteroatoms. The van der Waals surface area contributed by atoms with E-state index >= 15 is 0 Å². The summed E-state index contributed by atoms with van der Waals surface area (Å²) in [5.41, 5.74) is 1.03. The van der Waals surface area contributed by atoms with Crippen molar-refractivity contribution in [3.05, 3.63) is 75.1 Å². The number of benzene rings is 2. The summed E-state index contributed by atoms with van der Waals surface area (Å²) in [6.45, 7) is 0. The van der Waals surface area contributed by atoms with Gasteiger partial charge in [-0.25, -0.2) is 0 Å². The van der Waals surface area contributed by atoms with Gasteiger partial charge in [-0.1, -0.05) is 23.7 Å². The van der Waals surface area contributed by atoms with Crippen LogP contribution in [0.2, 0.25) is 5.02 Å². The molecule has 1 amide bonds. The molecular formula is C20H10ClN3O3S. The maximum Gasteiger partial charge on any atom is 0.283 e. The fraction of sp³-hybridized carbons (Fsp3) is 0. The molecule has 2 aromatic carbocycles. The number of amides is 1. The van der Waals surface area contributed by atoms with E-state index in [-0.39, 0.29) is 22.4 Å². The van der Waals surface area contributed by atoms with E-state index in [4.69, 9.17) is 21.4 Å². The fourth-order valence-electron chi connectivity index (χ4n) is 3.14. The van der Waals surface area contributed by atoms with E-state index in [0.717, 1.165) is 10.6 Å². The minimum atomic E-state index is -0.567. The van der Waals surface area contributed by atoms with Gasteiger partial charge in [0.1, 0.15) is 17.7 Å². The molecular weight excluding hydrogens is 398 g/mol. The summed E-state index contributed by atoms with van der Waals surface area (Å²) in [6.07, 6.45) is 2.63. The lowest BCUT2D eigenvalue weighted by Gasteiger charge is -2.24. The van der Waals surface area contributed by atoms with Gasteiger partial charge in [-0.15, -0.1) is 0 Å². The predicted octanol–water partition coefficient (Wildman–Crippen LogP) is 4.32. The van der Waals surface area contributed by atoms with E-state index in [2.05, 4.69) is 4.99 Å². The molecule has 0 spiro atoms. The second kappa shape index (κ2) is 6.19. The highest BCUT2D eigenvalue weighted by Crippen LogP contribution is 2.42. The average Bonchev–Trinajstić information content (AvgIpc) is 3.05. The minimum absolute atomic E-state index is 0.0229. The summed E-state index contributed by atoms with van der Waals surface area (Å²) in [5, 5.41) is 9.69.